The molecule has 1 aromatic heterocycles. The first-order chi connectivity index (χ1) is 11.5. The molecule has 0 fully saturated rings. The maximum absolute atomic E-state index is 12.5. The van der Waals surface area contributed by atoms with Gasteiger partial charge < -0.3 is 15.2 Å². The number of hydrogen-bond donors (Lipinski definition) is 1. The molecule has 7 nitrogen and oxygen atoms in total. The summed E-state index contributed by atoms with van der Waals surface area (Å²) < 4.78 is 1.19. The number of nitrogens with zero attached hydrogens (tertiary/aromatic N) is 2. The van der Waals surface area contributed by atoms with Gasteiger partial charge in [0.15, 0.2) is 0 Å². The summed E-state index contributed by atoms with van der Waals surface area (Å²) in [6, 6.07) is 4.86. The fraction of sp³-hybridized carbons (Fsp3) is 0.375. The smallest absolute Gasteiger partial charge is 0.261 e. The van der Waals surface area contributed by atoms with Crippen LogP contribution in [0.5, 0.6) is 0 Å². The first kappa shape index (κ1) is 18.0. The van der Waals surface area contributed by atoms with E-state index in [9.17, 15) is 19.5 Å². The van der Waals surface area contributed by atoms with Gasteiger partial charge in [0.05, 0.1) is 29.2 Å². The Morgan fingerprint density at radius 3 is 2.75 bits per heavy atom. The number of rotatable bonds is 7. The van der Waals surface area contributed by atoms with Crippen LogP contribution >= 0.6 is 11.8 Å². The van der Waals surface area contributed by atoms with Gasteiger partial charge in [-0.05, 0) is 37.5 Å². The maximum Gasteiger partial charge on any atom is 0.261 e. The number of thioether (sulfide) groups is 1. The van der Waals surface area contributed by atoms with Crippen molar-refractivity contribution >= 4 is 34.5 Å². The second-order valence-electron chi connectivity index (χ2n) is 5.31. The molecule has 0 unspecified atom stereocenters. The van der Waals surface area contributed by atoms with E-state index in [0.717, 1.165) is 0 Å². The number of aromatic nitrogens is 2. The van der Waals surface area contributed by atoms with Crippen LogP contribution in [-0.2, 0) is 9.59 Å². The summed E-state index contributed by atoms with van der Waals surface area (Å²) >= 11 is 1.48. The molecule has 0 aliphatic carbocycles. The van der Waals surface area contributed by atoms with Crippen LogP contribution in [0.1, 0.15) is 19.4 Å². The van der Waals surface area contributed by atoms with Crippen molar-refractivity contribution in [2.75, 3.05) is 12.0 Å². The molecule has 24 heavy (non-hydrogen) atoms. The molecule has 0 saturated heterocycles. The Hall–Kier alpha value is -2.35. The highest BCUT2D eigenvalue weighted by atomic mass is 32.2. The first-order valence-corrected chi connectivity index (χ1v) is 8.81. The molecule has 2 atom stereocenters. The van der Waals surface area contributed by atoms with Gasteiger partial charge in [-0.1, -0.05) is 12.1 Å². The Morgan fingerprint density at radius 1 is 1.38 bits per heavy atom. The van der Waals surface area contributed by atoms with Crippen LogP contribution in [0.2, 0.25) is 0 Å². The molecule has 0 aliphatic heterocycles. The van der Waals surface area contributed by atoms with Crippen LogP contribution in [0.4, 0.5) is 0 Å². The van der Waals surface area contributed by atoms with Gasteiger partial charge in [-0.25, -0.2) is 4.98 Å². The van der Waals surface area contributed by atoms with Crippen LogP contribution in [-0.4, -0.2) is 39.5 Å². The predicted molar refractivity (Wildman–Crippen MR) is 90.7 cm³/mol. The average Bonchev–Trinajstić information content (AvgIpc) is 2.58. The van der Waals surface area contributed by atoms with Gasteiger partial charge in [-0.15, -0.1) is 0 Å². The van der Waals surface area contributed by atoms with E-state index in [1.54, 1.807) is 24.3 Å². The van der Waals surface area contributed by atoms with E-state index >= 15 is 0 Å². The van der Waals surface area contributed by atoms with Crippen molar-refractivity contribution in [3.8, 4) is 0 Å². The Labute approximate surface area is 143 Å². The number of fused-ring (bicyclic) bond motifs is 1. The number of benzene rings is 1. The minimum Gasteiger partial charge on any atom is -0.548 e. The molecule has 8 heteroatoms. The summed E-state index contributed by atoms with van der Waals surface area (Å²) in [7, 11) is 0. The number of nitrogens with one attached hydrogen (secondary N) is 1. The van der Waals surface area contributed by atoms with E-state index in [2.05, 4.69) is 10.3 Å². The van der Waals surface area contributed by atoms with Crippen LogP contribution in [0, 0.1) is 0 Å². The molecule has 0 bridgehead atoms. The lowest BCUT2D eigenvalue weighted by molar-refractivity contribution is -0.308. The lowest BCUT2D eigenvalue weighted by Gasteiger charge is -2.22. The lowest BCUT2D eigenvalue weighted by Crippen LogP contribution is -2.50. The fourth-order valence-electron chi connectivity index (χ4n) is 2.26. The molecule has 1 N–H and O–H groups in total. The van der Waals surface area contributed by atoms with Crippen molar-refractivity contribution < 1.29 is 14.7 Å². The van der Waals surface area contributed by atoms with E-state index in [1.807, 2.05) is 6.26 Å². The monoisotopic (exact) mass is 348 g/mol. The molecular formula is C16H18N3O4S-. The number of carbonyl (C=O) groups is 2. The summed E-state index contributed by atoms with van der Waals surface area (Å²) in [4.78, 5) is 40.1. The van der Waals surface area contributed by atoms with Gasteiger partial charge in [-0.3, -0.25) is 14.2 Å². The summed E-state index contributed by atoms with van der Waals surface area (Å²) in [5.41, 5.74) is 0.191. The summed E-state index contributed by atoms with van der Waals surface area (Å²) in [5.74, 6) is -1.33. The molecule has 0 radical (unpaired) electrons. The van der Waals surface area contributed by atoms with Gasteiger partial charge in [-0.2, -0.15) is 11.8 Å². The van der Waals surface area contributed by atoms with Gasteiger partial charge in [0, 0.05) is 0 Å². The standard InChI is InChI=1S/C16H19N3O4S/c1-10(14(20)18-13(16(22)23)7-8-24-2)19-9-17-12-6-4-3-5-11(12)15(19)21/h3-6,9-10,13H,7-8H2,1-2H3,(H,18,20)(H,22,23)/p-1/t10-,13-/m0/s1. The van der Waals surface area contributed by atoms with Crippen molar-refractivity contribution in [1.82, 2.24) is 14.9 Å². The highest BCUT2D eigenvalue weighted by Crippen LogP contribution is 2.09. The molecule has 1 heterocycles. The van der Waals surface area contributed by atoms with Crippen LogP contribution in [0.15, 0.2) is 35.4 Å². The second kappa shape index (κ2) is 7.96. The van der Waals surface area contributed by atoms with E-state index < -0.39 is 24.0 Å². The quantitative estimate of drug-likeness (QED) is 0.752. The van der Waals surface area contributed by atoms with Crippen molar-refractivity contribution in [1.29, 1.82) is 0 Å². The Morgan fingerprint density at radius 2 is 2.08 bits per heavy atom. The SMILES string of the molecule is CSCC[C@H](NC(=O)[C@H](C)n1cnc2ccccc2c1=O)C(=O)[O-]. The van der Waals surface area contributed by atoms with Crippen molar-refractivity contribution in [3.63, 3.8) is 0 Å². The van der Waals surface area contributed by atoms with Crippen LogP contribution in [0.25, 0.3) is 10.9 Å². The van der Waals surface area contributed by atoms with E-state index in [0.29, 0.717) is 16.7 Å². The number of amides is 1. The second-order valence-corrected chi connectivity index (χ2v) is 6.30. The van der Waals surface area contributed by atoms with Crippen LogP contribution in [0.3, 0.4) is 0 Å². The molecule has 0 saturated carbocycles. The van der Waals surface area contributed by atoms with Gasteiger partial charge in [0.25, 0.3) is 5.56 Å². The van der Waals surface area contributed by atoms with Gasteiger partial charge in [0.1, 0.15) is 6.04 Å². The normalized spacial score (nSPS) is 13.4. The third-order valence-corrected chi connectivity index (χ3v) is 4.34. The number of carbonyl (C=O) groups excluding carboxylic acids is 2. The molecule has 0 spiro atoms. The minimum atomic E-state index is -1.34. The molecule has 2 rings (SSSR count). The zero-order valence-corrected chi connectivity index (χ0v) is 14.2. The Bertz CT molecular complexity index is 805. The molecule has 2 aromatic rings. The van der Waals surface area contributed by atoms with Crippen molar-refractivity contribution in [2.45, 2.75) is 25.4 Å². The largest absolute Gasteiger partial charge is 0.548 e. The minimum absolute atomic E-state index is 0.257. The van der Waals surface area contributed by atoms with Crippen molar-refractivity contribution in [2.24, 2.45) is 0 Å². The van der Waals surface area contributed by atoms with E-state index in [-0.39, 0.29) is 12.0 Å². The molecule has 1 aromatic carbocycles. The van der Waals surface area contributed by atoms with Gasteiger partial charge in [0.2, 0.25) is 5.91 Å². The highest BCUT2D eigenvalue weighted by Gasteiger charge is 2.21. The zero-order valence-electron chi connectivity index (χ0n) is 13.4. The number of carboxylic acid groups (broad SMARTS) is 1. The summed E-state index contributed by atoms with van der Waals surface area (Å²) in [6.45, 7) is 1.52. The first-order valence-electron chi connectivity index (χ1n) is 7.41. The van der Waals surface area contributed by atoms with E-state index in [1.165, 1.54) is 29.6 Å². The average molecular weight is 348 g/mol. The van der Waals surface area contributed by atoms with Gasteiger partial charge >= 0.3 is 0 Å². The number of para-hydroxylation sites is 1. The molecule has 128 valence electrons. The number of hydrogen-bond acceptors (Lipinski definition) is 6. The van der Waals surface area contributed by atoms with Crippen LogP contribution < -0.4 is 16.0 Å². The summed E-state index contributed by atoms with van der Waals surface area (Å²) in [5, 5.41) is 14.0. The molecular weight excluding hydrogens is 330 g/mol. The highest BCUT2D eigenvalue weighted by molar-refractivity contribution is 7.98. The van der Waals surface area contributed by atoms with Crippen molar-refractivity contribution in [3.05, 3.63) is 40.9 Å². The summed E-state index contributed by atoms with van der Waals surface area (Å²) in [6.07, 6.45) is 3.40. The Kier molecular flexibility index (Phi) is 5.97. The fourth-order valence-corrected chi connectivity index (χ4v) is 2.73. The number of carboxylic acids is 1. The lowest BCUT2D eigenvalue weighted by atomic mass is 10.2. The molecule has 0 aliphatic rings. The van der Waals surface area contributed by atoms with E-state index in [4.69, 9.17) is 0 Å². The predicted octanol–water partition coefficient (Wildman–Crippen LogP) is -0.0547. The molecule has 1 amide bonds. The topological polar surface area (TPSA) is 104 Å². The zero-order chi connectivity index (χ0) is 17.7. The number of aliphatic carboxylic acids is 1. The third kappa shape index (κ3) is 3.94. The third-order valence-electron chi connectivity index (χ3n) is 3.70. The maximum atomic E-state index is 12.5. The Balaban J connectivity index is 2.23.